The van der Waals surface area contributed by atoms with E-state index in [-0.39, 0.29) is 0 Å². The Kier molecular flexibility index (Phi) is 4.57. The lowest BCUT2D eigenvalue weighted by Crippen LogP contribution is -2.10. The Labute approximate surface area is 144 Å². The molecule has 0 aromatic heterocycles. The first-order valence-electron chi connectivity index (χ1n) is 8.16. The van der Waals surface area contributed by atoms with Crippen molar-refractivity contribution in [3.05, 3.63) is 83.4 Å². The van der Waals surface area contributed by atoms with Crippen LogP contribution in [0.5, 0.6) is 5.75 Å². The topological polar surface area (TPSA) is 12.5 Å². The van der Waals surface area contributed by atoms with Crippen molar-refractivity contribution in [3.8, 4) is 5.75 Å². The fourth-order valence-corrected chi connectivity index (χ4v) is 2.74. The maximum atomic E-state index is 5.29. The summed E-state index contributed by atoms with van der Waals surface area (Å²) in [6, 6.07) is 23.4. The largest absolute Gasteiger partial charge is 0.497 e. The van der Waals surface area contributed by atoms with E-state index in [1.54, 1.807) is 7.11 Å². The van der Waals surface area contributed by atoms with E-state index < -0.39 is 0 Å². The van der Waals surface area contributed by atoms with Crippen LogP contribution in [0.25, 0.3) is 0 Å². The van der Waals surface area contributed by atoms with Gasteiger partial charge in [0, 0.05) is 17.1 Å². The van der Waals surface area contributed by atoms with Gasteiger partial charge >= 0.3 is 0 Å². The molecule has 0 aliphatic rings. The minimum absolute atomic E-state index is 0.864. The number of hydrogen-bond acceptors (Lipinski definition) is 2. The average Bonchev–Trinajstić information content (AvgIpc) is 2.60. The van der Waals surface area contributed by atoms with Crippen molar-refractivity contribution in [1.29, 1.82) is 0 Å². The van der Waals surface area contributed by atoms with Crippen LogP contribution in [-0.2, 0) is 0 Å². The standard InChI is InChI=1S/C22H23NO/c1-16-5-8-19(9-6-16)23(20-11-13-22(24-4)14-12-20)21-10-7-17(2)18(3)15-21/h5-15H,1-4H3. The second kappa shape index (κ2) is 6.79. The molecule has 3 rings (SSSR count). The zero-order valence-electron chi connectivity index (χ0n) is 14.7. The van der Waals surface area contributed by atoms with Gasteiger partial charge in [-0.15, -0.1) is 0 Å². The molecular weight excluding hydrogens is 294 g/mol. The third-order valence-corrected chi connectivity index (χ3v) is 4.37. The molecule has 0 saturated heterocycles. The van der Waals surface area contributed by atoms with E-state index in [1.165, 1.54) is 16.7 Å². The summed E-state index contributed by atoms with van der Waals surface area (Å²) < 4.78 is 5.29. The first kappa shape index (κ1) is 16.1. The van der Waals surface area contributed by atoms with Gasteiger partial charge in [0.2, 0.25) is 0 Å². The van der Waals surface area contributed by atoms with Gasteiger partial charge in [-0.25, -0.2) is 0 Å². The predicted molar refractivity (Wildman–Crippen MR) is 102 cm³/mol. The average molecular weight is 317 g/mol. The van der Waals surface area contributed by atoms with Gasteiger partial charge in [0.1, 0.15) is 5.75 Å². The Morgan fingerprint density at radius 2 is 1.17 bits per heavy atom. The highest BCUT2D eigenvalue weighted by Gasteiger charge is 2.13. The Bertz CT molecular complexity index is 820. The third kappa shape index (κ3) is 3.28. The number of rotatable bonds is 4. The van der Waals surface area contributed by atoms with Crippen LogP contribution in [0.2, 0.25) is 0 Å². The van der Waals surface area contributed by atoms with Crippen molar-refractivity contribution in [3.63, 3.8) is 0 Å². The number of nitrogens with zero attached hydrogens (tertiary/aromatic N) is 1. The van der Waals surface area contributed by atoms with E-state index in [0.29, 0.717) is 0 Å². The van der Waals surface area contributed by atoms with E-state index in [1.807, 2.05) is 12.1 Å². The van der Waals surface area contributed by atoms with E-state index in [4.69, 9.17) is 4.74 Å². The molecule has 3 aromatic carbocycles. The Hall–Kier alpha value is -2.74. The Morgan fingerprint density at radius 3 is 1.71 bits per heavy atom. The van der Waals surface area contributed by atoms with Crippen LogP contribution < -0.4 is 9.64 Å². The molecule has 0 unspecified atom stereocenters. The maximum Gasteiger partial charge on any atom is 0.119 e. The van der Waals surface area contributed by atoms with Crippen LogP contribution in [0, 0.1) is 20.8 Å². The molecule has 0 heterocycles. The molecule has 24 heavy (non-hydrogen) atoms. The lowest BCUT2D eigenvalue weighted by atomic mass is 10.1. The number of benzene rings is 3. The lowest BCUT2D eigenvalue weighted by molar-refractivity contribution is 0.415. The second-order valence-electron chi connectivity index (χ2n) is 6.14. The van der Waals surface area contributed by atoms with E-state index in [2.05, 4.69) is 80.3 Å². The zero-order valence-corrected chi connectivity index (χ0v) is 14.7. The van der Waals surface area contributed by atoms with Crippen molar-refractivity contribution < 1.29 is 4.74 Å². The van der Waals surface area contributed by atoms with Gasteiger partial charge in [0.05, 0.1) is 7.11 Å². The van der Waals surface area contributed by atoms with Gasteiger partial charge in [0.15, 0.2) is 0 Å². The minimum atomic E-state index is 0.864. The molecule has 0 radical (unpaired) electrons. The van der Waals surface area contributed by atoms with Gasteiger partial charge in [-0.3, -0.25) is 0 Å². The van der Waals surface area contributed by atoms with Crippen molar-refractivity contribution in [2.45, 2.75) is 20.8 Å². The molecule has 3 aromatic rings. The van der Waals surface area contributed by atoms with Gasteiger partial charge in [-0.2, -0.15) is 0 Å². The summed E-state index contributed by atoms with van der Waals surface area (Å²) in [4.78, 5) is 2.27. The smallest absolute Gasteiger partial charge is 0.119 e. The fourth-order valence-electron chi connectivity index (χ4n) is 2.74. The number of methoxy groups -OCH3 is 1. The molecule has 0 aliphatic carbocycles. The minimum Gasteiger partial charge on any atom is -0.497 e. The molecule has 0 N–H and O–H groups in total. The molecule has 122 valence electrons. The Balaban J connectivity index is 2.11. The molecule has 2 heteroatoms. The molecule has 0 saturated carbocycles. The molecule has 0 atom stereocenters. The maximum absolute atomic E-state index is 5.29. The van der Waals surface area contributed by atoms with Crippen molar-refractivity contribution >= 4 is 17.1 Å². The van der Waals surface area contributed by atoms with Crippen LogP contribution in [-0.4, -0.2) is 7.11 Å². The van der Waals surface area contributed by atoms with Gasteiger partial charge in [-0.1, -0.05) is 23.8 Å². The van der Waals surface area contributed by atoms with Crippen LogP contribution in [0.4, 0.5) is 17.1 Å². The molecule has 0 bridgehead atoms. The molecular formula is C22H23NO. The van der Waals surface area contributed by atoms with Crippen molar-refractivity contribution in [2.24, 2.45) is 0 Å². The second-order valence-corrected chi connectivity index (χ2v) is 6.14. The summed E-state index contributed by atoms with van der Waals surface area (Å²) in [5.74, 6) is 0.864. The molecule has 0 spiro atoms. The first-order valence-corrected chi connectivity index (χ1v) is 8.16. The molecule has 0 amide bonds. The van der Waals surface area contributed by atoms with E-state index >= 15 is 0 Å². The predicted octanol–water partition coefficient (Wildman–Crippen LogP) is 6.09. The normalized spacial score (nSPS) is 10.5. The van der Waals surface area contributed by atoms with Crippen LogP contribution in [0.15, 0.2) is 66.7 Å². The van der Waals surface area contributed by atoms with Gasteiger partial charge in [-0.05, 0) is 80.4 Å². The van der Waals surface area contributed by atoms with Crippen LogP contribution >= 0.6 is 0 Å². The number of anilines is 3. The summed E-state index contributed by atoms with van der Waals surface area (Å²) in [7, 11) is 1.69. The molecule has 0 aliphatic heterocycles. The lowest BCUT2D eigenvalue weighted by Gasteiger charge is -2.26. The first-order chi connectivity index (χ1) is 11.6. The third-order valence-electron chi connectivity index (χ3n) is 4.37. The van der Waals surface area contributed by atoms with E-state index in [0.717, 1.165) is 22.8 Å². The summed E-state index contributed by atoms with van der Waals surface area (Å²) in [6.45, 7) is 6.40. The van der Waals surface area contributed by atoms with Crippen LogP contribution in [0.1, 0.15) is 16.7 Å². The SMILES string of the molecule is COc1ccc(N(c2ccc(C)cc2)c2ccc(C)c(C)c2)cc1. The molecule has 2 nitrogen and oxygen atoms in total. The van der Waals surface area contributed by atoms with Gasteiger partial charge in [0.25, 0.3) is 0 Å². The number of hydrogen-bond donors (Lipinski definition) is 0. The number of aryl methyl sites for hydroxylation is 3. The Morgan fingerprint density at radius 1 is 0.625 bits per heavy atom. The van der Waals surface area contributed by atoms with Gasteiger partial charge < -0.3 is 9.64 Å². The quantitative estimate of drug-likeness (QED) is 0.577. The summed E-state index contributed by atoms with van der Waals surface area (Å²) in [5, 5.41) is 0. The van der Waals surface area contributed by atoms with E-state index in [9.17, 15) is 0 Å². The number of ether oxygens (including phenoxy) is 1. The summed E-state index contributed by atoms with van der Waals surface area (Å²) in [5.41, 5.74) is 7.27. The summed E-state index contributed by atoms with van der Waals surface area (Å²) >= 11 is 0. The molecule has 0 fully saturated rings. The fraction of sp³-hybridized carbons (Fsp3) is 0.182. The highest BCUT2D eigenvalue weighted by Crippen LogP contribution is 2.36. The van der Waals surface area contributed by atoms with Crippen LogP contribution in [0.3, 0.4) is 0 Å². The summed E-state index contributed by atoms with van der Waals surface area (Å²) in [6.07, 6.45) is 0. The van der Waals surface area contributed by atoms with Crippen molar-refractivity contribution in [1.82, 2.24) is 0 Å². The zero-order chi connectivity index (χ0) is 17.1. The monoisotopic (exact) mass is 317 g/mol. The van der Waals surface area contributed by atoms with Crippen molar-refractivity contribution in [2.75, 3.05) is 12.0 Å². The highest BCUT2D eigenvalue weighted by atomic mass is 16.5. The highest BCUT2D eigenvalue weighted by molar-refractivity contribution is 5.77.